The molecule has 1 heterocycles. The summed E-state index contributed by atoms with van der Waals surface area (Å²) in [6, 6.07) is 16.4. The van der Waals surface area contributed by atoms with E-state index in [2.05, 4.69) is 12.1 Å². The molecule has 0 N–H and O–H groups in total. The summed E-state index contributed by atoms with van der Waals surface area (Å²) in [4.78, 5) is 25.5. The summed E-state index contributed by atoms with van der Waals surface area (Å²) in [5.41, 5.74) is 2.93. The molecule has 0 saturated carbocycles. The molecule has 3 rings (SSSR count). The summed E-state index contributed by atoms with van der Waals surface area (Å²) in [6.45, 7) is 3.60. The first-order valence-corrected chi connectivity index (χ1v) is 9.98. The zero-order valence-corrected chi connectivity index (χ0v) is 16.6. The first-order chi connectivity index (χ1) is 13.6. The number of nitrogens with zero attached hydrogens (tertiary/aromatic N) is 1. The van der Waals surface area contributed by atoms with Gasteiger partial charge in [0.1, 0.15) is 5.76 Å². The van der Waals surface area contributed by atoms with Crippen molar-refractivity contribution in [1.29, 1.82) is 0 Å². The van der Waals surface area contributed by atoms with Crippen LogP contribution >= 0.6 is 11.8 Å². The number of Topliss-reactive ketones (excluding diaryl/α,β-unsaturated/α-hetero) is 1. The van der Waals surface area contributed by atoms with E-state index in [0.717, 1.165) is 28.3 Å². The van der Waals surface area contributed by atoms with Crippen molar-refractivity contribution in [3.05, 3.63) is 82.7 Å². The van der Waals surface area contributed by atoms with Gasteiger partial charge in [-0.1, -0.05) is 48.5 Å². The number of thioether (sulfide) groups is 1. The van der Waals surface area contributed by atoms with Gasteiger partial charge in [0.25, 0.3) is 0 Å². The van der Waals surface area contributed by atoms with Gasteiger partial charge in [0.2, 0.25) is 0 Å². The van der Waals surface area contributed by atoms with Crippen molar-refractivity contribution in [2.75, 3.05) is 6.61 Å². The number of aryl methyl sites for hydroxylation is 2. The molecule has 0 aliphatic carbocycles. The second kappa shape index (κ2) is 9.37. The summed E-state index contributed by atoms with van der Waals surface area (Å²) in [7, 11) is 0. The predicted octanol–water partition coefficient (Wildman–Crippen LogP) is 4.88. The Kier molecular flexibility index (Phi) is 6.66. The first kappa shape index (κ1) is 19.9. The van der Waals surface area contributed by atoms with E-state index in [1.54, 1.807) is 24.3 Å². The molecule has 6 heteroatoms. The van der Waals surface area contributed by atoms with Crippen molar-refractivity contribution in [3.8, 4) is 0 Å². The van der Waals surface area contributed by atoms with Gasteiger partial charge in [0, 0.05) is 22.3 Å². The van der Waals surface area contributed by atoms with E-state index >= 15 is 0 Å². The maximum absolute atomic E-state index is 12.5. The van der Waals surface area contributed by atoms with E-state index < -0.39 is 5.97 Å². The number of ketones is 1. The van der Waals surface area contributed by atoms with Gasteiger partial charge in [-0.15, -0.1) is 11.8 Å². The molecule has 2 aromatic carbocycles. The van der Waals surface area contributed by atoms with Crippen LogP contribution in [0.4, 0.5) is 0 Å². The second-order valence-electron chi connectivity index (χ2n) is 6.26. The van der Waals surface area contributed by atoms with Crippen LogP contribution in [0.3, 0.4) is 0 Å². The van der Waals surface area contributed by atoms with Crippen molar-refractivity contribution in [3.63, 3.8) is 0 Å². The monoisotopic (exact) mass is 395 g/mol. The number of carbonyl (C=O) groups is 2. The average molecular weight is 395 g/mol. The summed E-state index contributed by atoms with van der Waals surface area (Å²) < 4.78 is 10.3. The van der Waals surface area contributed by atoms with E-state index in [1.807, 2.05) is 37.3 Å². The number of rotatable bonds is 8. The standard InChI is InChI=1S/C22H21NO4S/c1-3-16-8-10-17(11-9-16)20(24)13-26-22(25)19-6-4-5-7-21(19)28-14-18-12-15(2)27-23-18/h4-12H,3,13-14H2,1-2H3. The molecule has 0 bridgehead atoms. The number of hydrogen-bond acceptors (Lipinski definition) is 6. The Hall–Kier alpha value is -2.86. The molecular formula is C22H21NO4S. The van der Waals surface area contributed by atoms with Gasteiger partial charge < -0.3 is 9.26 Å². The van der Waals surface area contributed by atoms with Crippen molar-refractivity contribution in [2.45, 2.75) is 30.9 Å². The fourth-order valence-corrected chi connectivity index (χ4v) is 3.54. The zero-order chi connectivity index (χ0) is 19.9. The SMILES string of the molecule is CCc1ccc(C(=O)COC(=O)c2ccccc2SCc2cc(C)on2)cc1. The van der Waals surface area contributed by atoms with Crippen LogP contribution in [0.2, 0.25) is 0 Å². The highest BCUT2D eigenvalue weighted by atomic mass is 32.2. The third kappa shape index (κ3) is 5.10. The van der Waals surface area contributed by atoms with Crippen LogP contribution in [-0.4, -0.2) is 23.5 Å². The molecule has 0 spiro atoms. The number of hydrogen-bond donors (Lipinski definition) is 0. The lowest BCUT2D eigenvalue weighted by atomic mass is 10.1. The maximum atomic E-state index is 12.5. The van der Waals surface area contributed by atoms with Crippen LogP contribution in [0.15, 0.2) is 64.0 Å². The van der Waals surface area contributed by atoms with E-state index in [1.165, 1.54) is 11.8 Å². The first-order valence-electron chi connectivity index (χ1n) is 9.00. The van der Waals surface area contributed by atoms with Crippen LogP contribution in [0, 0.1) is 6.92 Å². The molecule has 0 saturated heterocycles. The largest absolute Gasteiger partial charge is 0.454 e. The highest BCUT2D eigenvalue weighted by molar-refractivity contribution is 7.98. The molecule has 5 nitrogen and oxygen atoms in total. The minimum atomic E-state index is -0.516. The molecule has 0 unspecified atom stereocenters. The van der Waals surface area contributed by atoms with E-state index in [-0.39, 0.29) is 12.4 Å². The molecule has 0 amide bonds. The Bertz CT molecular complexity index is 963. The fourth-order valence-electron chi connectivity index (χ4n) is 2.62. The van der Waals surface area contributed by atoms with E-state index in [0.29, 0.717) is 16.9 Å². The lowest BCUT2D eigenvalue weighted by molar-refractivity contribution is 0.0471. The molecule has 0 aliphatic heterocycles. The van der Waals surface area contributed by atoms with Gasteiger partial charge in [-0.2, -0.15) is 0 Å². The minimum Gasteiger partial charge on any atom is -0.454 e. The molecule has 28 heavy (non-hydrogen) atoms. The van der Waals surface area contributed by atoms with Crippen molar-refractivity contribution >= 4 is 23.5 Å². The number of esters is 1. The van der Waals surface area contributed by atoms with Crippen molar-refractivity contribution in [2.24, 2.45) is 0 Å². The summed E-state index contributed by atoms with van der Waals surface area (Å²) in [5.74, 6) is 0.579. The van der Waals surface area contributed by atoms with E-state index in [4.69, 9.17) is 9.26 Å². The molecule has 0 radical (unpaired) electrons. The highest BCUT2D eigenvalue weighted by Crippen LogP contribution is 2.26. The Morgan fingerprint density at radius 3 is 2.54 bits per heavy atom. The van der Waals surface area contributed by atoms with Crippen LogP contribution in [0.25, 0.3) is 0 Å². The maximum Gasteiger partial charge on any atom is 0.339 e. The molecule has 0 atom stereocenters. The van der Waals surface area contributed by atoms with Crippen molar-refractivity contribution in [1.82, 2.24) is 5.16 Å². The van der Waals surface area contributed by atoms with E-state index in [9.17, 15) is 9.59 Å². The zero-order valence-electron chi connectivity index (χ0n) is 15.8. The van der Waals surface area contributed by atoms with Crippen LogP contribution in [0.1, 0.15) is 44.7 Å². The van der Waals surface area contributed by atoms with Crippen LogP contribution < -0.4 is 0 Å². The second-order valence-corrected chi connectivity index (χ2v) is 7.28. The third-order valence-corrected chi connectivity index (χ3v) is 5.28. The Morgan fingerprint density at radius 2 is 1.86 bits per heavy atom. The van der Waals surface area contributed by atoms with Gasteiger partial charge in [-0.05, 0) is 31.0 Å². The van der Waals surface area contributed by atoms with Gasteiger partial charge in [-0.25, -0.2) is 4.79 Å². The Balaban J connectivity index is 1.61. The number of ether oxygens (including phenoxy) is 1. The summed E-state index contributed by atoms with van der Waals surface area (Å²) >= 11 is 1.47. The van der Waals surface area contributed by atoms with Crippen molar-refractivity contribution < 1.29 is 18.8 Å². The molecule has 144 valence electrons. The third-order valence-electron chi connectivity index (χ3n) is 4.18. The molecule has 0 fully saturated rings. The Morgan fingerprint density at radius 1 is 1.11 bits per heavy atom. The average Bonchev–Trinajstić information content (AvgIpc) is 3.15. The normalized spacial score (nSPS) is 10.6. The quantitative estimate of drug-likeness (QED) is 0.308. The summed E-state index contributed by atoms with van der Waals surface area (Å²) in [6.07, 6.45) is 0.909. The van der Waals surface area contributed by atoms with Crippen LogP contribution in [-0.2, 0) is 16.9 Å². The topological polar surface area (TPSA) is 69.4 Å². The lowest BCUT2D eigenvalue weighted by Gasteiger charge is -2.09. The predicted molar refractivity (Wildman–Crippen MR) is 108 cm³/mol. The summed E-state index contributed by atoms with van der Waals surface area (Å²) in [5, 5.41) is 3.95. The smallest absolute Gasteiger partial charge is 0.339 e. The Labute approximate surface area is 168 Å². The molecular weight excluding hydrogens is 374 g/mol. The number of aromatic nitrogens is 1. The lowest BCUT2D eigenvalue weighted by Crippen LogP contribution is -2.15. The number of carbonyl (C=O) groups excluding carboxylic acids is 2. The van der Waals surface area contributed by atoms with Gasteiger partial charge in [0.05, 0.1) is 11.3 Å². The van der Waals surface area contributed by atoms with Gasteiger partial charge in [-0.3, -0.25) is 4.79 Å². The minimum absolute atomic E-state index is 0.223. The molecule has 0 aliphatic rings. The fraction of sp³-hybridized carbons (Fsp3) is 0.227. The molecule has 1 aromatic heterocycles. The van der Waals surface area contributed by atoms with Gasteiger partial charge >= 0.3 is 5.97 Å². The number of benzene rings is 2. The van der Waals surface area contributed by atoms with Crippen LogP contribution in [0.5, 0.6) is 0 Å². The highest BCUT2D eigenvalue weighted by Gasteiger charge is 2.16. The van der Waals surface area contributed by atoms with Gasteiger partial charge in [0.15, 0.2) is 12.4 Å². The molecule has 3 aromatic rings.